The van der Waals surface area contributed by atoms with Crippen molar-refractivity contribution in [2.45, 2.75) is 23.6 Å². The Bertz CT molecular complexity index is 318. The van der Waals surface area contributed by atoms with Crippen molar-refractivity contribution >= 4 is 36.1 Å². The van der Waals surface area contributed by atoms with Crippen LogP contribution < -0.4 is 5.46 Å². The van der Waals surface area contributed by atoms with Gasteiger partial charge in [-0.15, -0.1) is 23.5 Å². The largest absolute Gasteiger partial charge is 0.489 e. The first kappa shape index (κ1) is 13.0. The summed E-state index contributed by atoms with van der Waals surface area (Å²) in [5, 5.41) is 18.4. The molecule has 0 amide bonds. The monoisotopic (exact) mass is 242 g/mol. The van der Waals surface area contributed by atoms with Gasteiger partial charge in [0, 0.05) is 9.79 Å². The highest BCUT2D eigenvalue weighted by Gasteiger charge is 2.16. The van der Waals surface area contributed by atoms with Crippen LogP contribution in [0.5, 0.6) is 0 Å². The lowest BCUT2D eigenvalue weighted by molar-refractivity contribution is 0.425. The van der Waals surface area contributed by atoms with E-state index in [0.29, 0.717) is 5.46 Å². The van der Waals surface area contributed by atoms with Crippen molar-refractivity contribution in [3.63, 3.8) is 0 Å². The van der Waals surface area contributed by atoms with E-state index < -0.39 is 7.12 Å². The van der Waals surface area contributed by atoms with Gasteiger partial charge in [-0.1, -0.05) is 19.9 Å². The third kappa shape index (κ3) is 3.76. The van der Waals surface area contributed by atoms with Crippen molar-refractivity contribution in [3.8, 4) is 0 Å². The fourth-order valence-corrected chi connectivity index (χ4v) is 2.90. The molecule has 0 radical (unpaired) electrons. The molecule has 1 aromatic rings. The van der Waals surface area contributed by atoms with Gasteiger partial charge in [0.05, 0.1) is 0 Å². The van der Waals surface area contributed by atoms with E-state index in [4.69, 9.17) is 0 Å². The van der Waals surface area contributed by atoms with E-state index in [1.165, 1.54) is 4.90 Å². The molecule has 1 aromatic carbocycles. The van der Waals surface area contributed by atoms with E-state index in [2.05, 4.69) is 13.8 Å². The molecule has 0 fully saturated rings. The quantitative estimate of drug-likeness (QED) is 0.607. The van der Waals surface area contributed by atoms with Crippen molar-refractivity contribution < 1.29 is 10.0 Å². The van der Waals surface area contributed by atoms with Crippen LogP contribution in [0.3, 0.4) is 0 Å². The van der Waals surface area contributed by atoms with Crippen molar-refractivity contribution in [3.05, 3.63) is 18.2 Å². The van der Waals surface area contributed by atoms with Crippen molar-refractivity contribution in [1.82, 2.24) is 0 Å². The van der Waals surface area contributed by atoms with Crippen LogP contribution >= 0.6 is 23.5 Å². The summed E-state index contributed by atoms with van der Waals surface area (Å²) in [5.41, 5.74) is 0.599. The van der Waals surface area contributed by atoms with E-state index in [0.717, 1.165) is 16.4 Å². The zero-order valence-corrected chi connectivity index (χ0v) is 10.6. The summed E-state index contributed by atoms with van der Waals surface area (Å²) in [6.45, 7) is 4.16. The second-order valence-corrected chi connectivity index (χ2v) is 5.58. The zero-order valence-electron chi connectivity index (χ0n) is 8.93. The van der Waals surface area contributed by atoms with Crippen LogP contribution in [-0.2, 0) is 0 Å². The van der Waals surface area contributed by atoms with Crippen LogP contribution in [0.2, 0.25) is 0 Å². The molecule has 0 bridgehead atoms. The summed E-state index contributed by atoms with van der Waals surface area (Å²) in [6.07, 6.45) is 0. The molecule has 0 aromatic heterocycles. The lowest BCUT2D eigenvalue weighted by atomic mass is 9.80. The average molecular weight is 242 g/mol. The Labute approximate surface area is 99.6 Å². The Morgan fingerprint density at radius 3 is 2.33 bits per heavy atom. The standard InChI is InChI=1S/C10H15BO2S2/c1-3-14-8-5-6-9(11(12)13)10(7-8)15-4-2/h5-7,12-13H,3-4H2,1-2H3. The van der Waals surface area contributed by atoms with Crippen molar-refractivity contribution in [2.24, 2.45) is 0 Å². The summed E-state index contributed by atoms with van der Waals surface area (Å²) in [5.74, 6) is 1.96. The second kappa shape index (κ2) is 6.48. The molecular weight excluding hydrogens is 227 g/mol. The maximum Gasteiger partial charge on any atom is 0.489 e. The van der Waals surface area contributed by atoms with Gasteiger partial charge in [0.25, 0.3) is 0 Å². The van der Waals surface area contributed by atoms with Gasteiger partial charge in [-0.2, -0.15) is 0 Å². The highest BCUT2D eigenvalue weighted by molar-refractivity contribution is 8.00. The fraction of sp³-hybridized carbons (Fsp3) is 0.400. The molecule has 0 atom stereocenters. The minimum atomic E-state index is -1.38. The van der Waals surface area contributed by atoms with Crippen LogP contribution in [-0.4, -0.2) is 28.7 Å². The molecule has 1 rings (SSSR count). The lowest BCUT2D eigenvalue weighted by Gasteiger charge is -2.09. The molecule has 82 valence electrons. The summed E-state index contributed by atoms with van der Waals surface area (Å²) in [4.78, 5) is 2.14. The van der Waals surface area contributed by atoms with Gasteiger partial charge in [0.2, 0.25) is 0 Å². The van der Waals surface area contributed by atoms with Gasteiger partial charge in [-0.3, -0.25) is 0 Å². The highest BCUT2D eigenvalue weighted by atomic mass is 32.2. The Hall–Kier alpha value is -0.0951. The molecule has 0 saturated carbocycles. The molecule has 0 unspecified atom stereocenters. The normalized spacial score (nSPS) is 10.4. The van der Waals surface area contributed by atoms with Crippen LogP contribution in [0.25, 0.3) is 0 Å². The van der Waals surface area contributed by atoms with E-state index in [9.17, 15) is 10.0 Å². The average Bonchev–Trinajstić information content (AvgIpc) is 2.18. The van der Waals surface area contributed by atoms with Crippen molar-refractivity contribution in [2.75, 3.05) is 11.5 Å². The number of thioether (sulfide) groups is 2. The first-order chi connectivity index (χ1) is 7.19. The Kier molecular flexibility index (Phi) is 5.60. The summed E-state index contributed by atoms with van der Waals surface area (Å²) >= 11 is 3.40. The van der Waals surface area contributed by atoms with E-state index in [1.807, 2.05) is 12.1 Å². The topological polar surface area (TPSA) is 40.5 Å². The molecular formula is C10H15BO2S2. The predicted octanol–water partition coefficient (Wildman–Crippen LogP) is 1.59. The first-order valence-corrected chi connectivity index (χ1v) is 6.91. The van der Waals surface area contributed by atoms with Gasteiger partial charge in [-0.05, 0) is 29.1 Å². The van der Waals surface area contributed by atoms with Crippen LogP contribution in [0.4, 0.5) is 0 Å². The molecule has 0 saturated heterocycles. The lowest BCUT2D eigenvalue weighted by Crippen LogP contribution is -2.31. The highest BCUT2D eigenvalue weighted by Crippen LogP contribution is 2.23. The predicted molar refractivity (Wildman–Crippen MR) is 69.1 cm³/mol. The summed E-state index contributed by atoms with van der Waals surface area (Å²) < 4.78 is 0. The minimum absolute atomic E-state index is 0.599. The van der Waals surface area contributed by atoms with Gasteiger partial charge in [0.15, 0.2) is 0 Å². The molecule has 0 spiro atoms. The fourth-order valence-electron chi connectivity index (χ4n) is 1.26. The summed E-state index contributed by atoms with van der Waals surface area (Å²) in [7, 11) is -1.38. The number of benzene rings is 1. The molecule has 5 heteroatoms. The molecule has 15 heavy (non-hydrogen) atoms. The van der Waals surface area contributed by atoms with E-state index in [-0.39, 0.29) is 0 Å². The molecule has 2 nitrogen and oxygen atoms in total. The molecule has 0 aliphatic rings. The smallest absolute Gasteiger partial charge is 0.423 e. The Morgan fingerprint density at radius 2 is 1.80 bits per heavy atom. The van der Waals surface area contributed by atoms with E-state index in [1.54, 1.807) is 29.6 Å². The van der Waals surface area contributed by atoms with Crippen LogP contribution in [0.1, 0.15) is 13.8 Å². The number of rotatable bonds is 5. The number of hydrogen-bond acceptors (Lipinski definition) is 4. The zero-order chi connectivity index (χ0) is 11.3. The molecule has 2 N–H and O–H groups in total. The van der Waals surface area contributed by atoms with Gasteiger partial charge in [0.1, 0.15) is 0 Å². The third-order valence-corrected chi connectivity index (χ3v) is 3.70. The second-order valence-electron chi connectivity index (χ2n) is 2.94. The van der Waals surface area contributed by atoms with Gasteiger partial charge < -0.3 is 10.0 Å². The van der Waals surface area contributed by atoms with Crippen molar-refractivity contribution in [1.29, 1.82) is 0 Å². The number of hydrogen-bond donors (Lipinski definition) is 2. The Balaban J connectivity index is 2.97. The maximum atomic E-state index is 9.19. The SMILES string of the molecule is CCSc1ccc(B(O)O)c(SCC)c1. The minimum Gasteiger partial charge on any atom is -0.423 e. The van der Waals surface area contributed by atoms with Gasteiger partial charge >= 0.3 is 7.12 Å². The Morgan fingerprint density at radius 1 is 1.13 bits per heavy atom. The first-order valence-electron chi connectivity index (χ1n) is 4.94. The summed E-state index contributed by atoms with van der Waals surface area (Å²) in [6, 6.07) is 5.75. The molecule has 0 aliphatic heterocycles. The maximum absolute atomic E-state index is 9.19. The van der Waals surface area contributed by atoms with Gasteiger partial charge in [-0.25, -0.2) is 0 Å². The van der Waals surface area contributed by atoms with Crippen LogP contribution in [0, 0.1) is 0 Å². The molecule has 0 heterocycles. The van der Waals surface area contributed by atoms with Crippen LogP contribution in [0.15, 0.2) is 28.0 Å². The van der Waals surface area contributed by atoms with E-state index >= 15 is 0 Å². The third-order valence-electron chi connectivity index (χ3n) is 1.87. The molecule has 0 aliphatic carbocycles.